The molecular weight excluding hydrogens is 414 g/mol. The minimum atomic E-state index is -0.504. The van der Waals surface area contributed by atoms with Gasteiger partial charge in [0, 0.05) is 36.6 Å². The molecule has 1 fully saturated rings. The Hall–Kier alpha value is -3.68. The van der Waals surface area contributed by atoms with Gasteiger partial charge >= 0.3 is 0 Å². The van der Waals surface area contributed by atoms with Gasteiger partial charge in [0.15, 0.2) is 17.3 Å². The van der Waals surface area contributed by atoms with Crippen molar-refractivity contribution in [2.24, 2.45) is 0 Å². The number of carbonyl (C=O) groups is 1. The number of hydrogen-bond acceptors (Lipinski definition) is 5. The zero-order valence-electron chi connectivity index (χ0n) is 17.3. The molecule has 2 aromatic carbocycles. The van der Waals surface area contributed by atoms with Gasteiger partial charge in [-0.3, -0.25) is 4.79 Å². The Labute approximate surface area is 182 Å². The molecule has 6 nitrogen and oxygen atoms in total. The zero-order chi connectivity index (χ0) is 22.2. The third-order valence-corrected chi connectivity index (χ3v) is 5.88. The van der Waals surface area contributed by atoms with Crippen LogP contribution in [0.15, 0.2) is 59.3 Å². The van der Waals surface area contributed by atoms with E-state index in [0.717, 1.165) is 12.8 Å². The molecule has 1 aliphatic rings. The third-order valence-electron chi connectivity index (χ3n) is 5.88. The largest absolute Gasteiger partial charge is 0.440 e. The lowest BCUT2D eigenvalue weighted by atomic mass is 9.92. The van der Waals surface area contributed by atoms with Crippen molar-refractivity contribution in [2.75, 3.05) is 6.54 Å². The number of nitrogens with zero attached hydrogens (tertiary/aromatic N) is 4. The topological polar surface area (TPSA) is 72.1 Å². The number of hydrogen-bond donors (Lipinski definition) is 0. The van der Waals surface area contributed by atoms with Gasteiger partial charge in [0.25, 0.3) is 5.91 Å². The molecule has 32 heavy (non-hydrogen) atoms. The highest BCUT2D eigenvalue weighted by Crippen LogP contribution is 2.33. The molecule has 3 heterocycles. The third kappa shape index (κ3) is 3.72. The maximum atomic E-state index is 14.1. The number of oxazole rings is 1. The summed E-state index contributed by atoms with van der Waals surface area (Å²) >= 11 is 0. The lowest BCUT2D eigenvalue weighted by molar-refractivity contribution is 0.0598. The van der Waals surface area contributed by atoms with Crippen molar-refractivity contribution in [3.8, 4) is 11.4 Å². The summed E-state index contributed by atoms with van der Waals surface area (Å²) in [5, 5.41) is 0. The summed E-state index contributed by atoms with van der Waals surface area (Å²) in [6, 6.07) is 9.89. The van der Waals surface area contributed by atoms with Crippen LogP contribution < -0.4 is 0 Å². The van der Waals surface area contributed by atoms with Gasteiger partial charge in [0.05, 0.1) is 11.5 Å². The predicted molar refractivity (Wildman–Crippen MR) is 114 cm³/mol. The van der Waals surface area contributed by atoms with Crippen molar-refractivity contribution >= 4 is 17.0 Å². The van der Waals surface area contributed by atoms with Crippen molar-refractivity contribution < 1.29 is 18.0 Å². The molecule has 0 saturated carbocycles. The van der Waals surface area contributed by atoms with E-state index in [1.807, 2.05) is 6.92 Å². The number of carbonyl (C=O) groups excluding carboxylic acids is 1. The smallest absolute Gasteiger partial charge is 0.254 e. The first-order valence-electron chi connectivity index (χ1n) is 10.4. The predicted octanol–water partition coefficient (Wildman–Crippen LogP) is 4.97. The minimum absolute atomic E-state index is 0.0478. The monoisotopic (exact) mass is 434 g/mol. The van der Waals surface area contributed by atoms with Crippen molar-refractivity contribution in [3.05, 3.63) is 77.9 Å². The highest BCUT2D eigenvalue weighted by molar-refractivity contribution is 6.00. The summed E-state index contributed by atoms with van der Waals surface area (Å²) < 4.78 is 33.5. The lowest BCUT2D eigenvalue weighted by Gasteiger charge is -2.37. The van der Waals surface area contributed by atoms with Gasteiger partial charge < -0.3 is 9.32 Å². The summed E-state index contributed by atoms with van der Waals surface area (Å²) in [5.41, 5.74) is 1.64. The molecule has 0 radical (unpaired) electrons. The summed E-state index contributed by atoms with van der Waals surface area (Å²) in [6.07, 6.45) is 4.67. The van der Waals surface area contributed by atoms with Gasteiger partial charge in [-0.1, -0.05) is 0 Å². The van der Waals surface area contributed by atoms with Crippen LogP contribution in [0.5, 0.6) is 0 Å². The van der Waals surface area contributed by atoms with E-state index in [4.69, 9.17) is 4.42 Å². The second-order valence-corrected chi connectivity index (χ2v) is 8.01. The molecule has 0 N–H and O–H groups in total. The van der Waals surface area contributed by atoms with Gasteiger partial charge in [-0.25, -0.2) is 23.7 Å². The molecule has 5 rings (SSSR count). The summed E-state index contributed by atoms with van der Waals surface area (Å²) in [4.78, 5) is 28.1. The number of rotatable bonds is 3. The minimum Gasteiger partial charge on any atom is -0.440 e. The standard InChI is InChI=1S/C24H20F2N4O2/c1-14-3-4-15(23-29-20-12-17(26)6-8-21(20)32-23)13-30(14)24(31)19-11-16(25)5-7-18(19)22-27-9-2-10-28-22/h2,5-12,14-15H,3-4,13H2,1H3/t14-,15-/m1/s1. The number of benzene rings is 2. The Morgan fingerprint density at radius 2 is 1.81 bits per heavy atom. The van der Waals surface area contributed by atoms with Gasteiger partial charge in [-0.05, 0) is 56.2 Å². The average molecular weight is 434 g/mol. The van der Waals surface area contributed by atoms with E-state index < -0.39 is 5.82 Å². The van der Waals surface area contributed by atoms with Crippen molar-refractivity contribution in [2.45, 2.75) is 31.7 Å². The van der Waals surface area contributed by atoms with Crippen LogP contribution in [0.2, 0.25) is 0 Å². The average Bonchev–Trinajstić information content (AvgIpc) is 3.22. The first-order valence-corrected chi connectivity index (χ1v) is 10.4. The number of fused-ring (bicyclic) bond motifs is 1. The van der Waals surface area contributed by atoms with Crippen LogP contribution in [0, 0.1) is 11.6 Å². The fourth-order valence-electron chi connectivity index (χ4n) is 4.17. The van der Waals surface area contributed by atoms with E-state index in [-0.39, 0.29) is 29.2 Å². The molecule has 8 heteroatoms. The fourth-order valence-corrected chi connectivity index (χ4v) is 4.17. The summed E-state index contributed by atoms with van der Waals surface area (Å²) in [5.74, 6) is -0.496. The van der Waals surface area contributed by atoms with Crippen LogP contribution in [0.1, 0.15) is 41.9 Å². The molecule has 1 saturated heterocycles. The molecule has 1 aliphatic heterocycles. The quantitative estimate of drug-likeness (QED) is 0.455. The normalized spacial score (nSPS) is 18.8. The van der Waals surface area contributed by atoms with Gasteiger partial charge in [-0.15, -0.1) is 0 Å². The summed E-state index contributed by atoms with van der Waals surface area (Å²) in [6.45, 7) is 2.33. The van der Waals surface area contributed by atoms with Gasteiger partial charge in [-0.2, -0.15) is 0 Å². The molecule has 2 atom stereocenters. The molecule has 2 aromatic heterocycles. The Balaban J connectivity index is 1.47. The highest BCUT2D eigenvalue weighted by Gasteiger charge is 2.34. The van der Waals surface area contributed by atoms with Gasteiger partial charge in [0.1, 0.15) is 17.2 Å². The van der Waals surface area contributed by atoms with E-state index >= 15 is 0 Å². The Morgan fingerprint density at radius 1 is 1.06 bits per heavy atom. The van der Waals surface area contributed by atoms with E-state index in [9.17, 15) is 13.6 Å². The number of amides is 1. The van der Waals surface area contributed by atoms with E-state index in [2.05, 4.69) is 15.0 Å². The number of likely N-dealkylation sites (tertiary alicyclic amines) is 1. The van der Waals surface area contributed by atoms with Gasteiger partial charge in [0.2, 0.25) is 0 Å². The number of aromatic nitrogens is 3. The first-order chi connectivity index (χ1) is 15.5. The van der Waals surface area contributed by atoms with Crippen LogP contribution in [-0.4, -0.2) is 38.3 Å². The second-order valence-electron chi connectivity index (χ2n) is 8.01. The molecule has 0 spiro atoms. The van der Waals surface area contributed by atoms with E-state index in [1.54, 1.807) is 29.4 Å². The van der Waals surface area contributed by atoms with E-state index in [0.29, 0.717) is 34.9 Å². The van der Waals surface area contributed by atoms with Crippen LogP contribution in [0.25, 0.3) is 22.5 Å². The second kappa shape index (κ2) is 8.11. The fraction of sp³-hybridized carbons (Fsp3) is 0.250. The number of piperidine rings is 1. The maximum Gasteiger partial charge on any atom is 0.254 e. The zero-order valence-corrected chi connectivity index (χ0v) is 17.3. The Bertz CT molecular complexity index is 1290. The van der Waals surface area contributed by atoms with E-state index in [1.165, 1.54) is 30.3 Å². The Kier molecular flexibility index (Phi) is 5.13. The molecule has 0 aliphatic carbocycles. The van der Waals surface area contributed by atoms with Crippen molar-refractivity contribution in [1.29, 1.82) is 0 Å². The molecule has 0 unspecified atom stereocenters. The Morgan fingerprint density at radius 3 is 2.62 bits per heavy atom. The van der Waals surface area contributed by atoms with Crippen molar-refractivity contribution in [1.82, 2.24) is 19.9 Å². The lowest BCUT2D eigenvalue weighted by Crippen LogP contribution is -2.45. The highest BCUT2D eigenvalue weighted by atomic mass is 19.1. The SMILES string of the molecule is C[C@@H]1CC[C@@H](c2nc3cc(F)ccc3o2)CN1C(=O)c1cc(F)ccc1-c1ncccn1. The molecule has 0 bridgehead atoms. The molecule has 4 aromatic rings. The maximum absolute atomic E-state index is 14.1. The first kappa shape index (κ1) is 20.2. The van der Waals surface area contributed by atoms with Crippen LogP contribution in [0.4, 0.5) is 8.78 Å². The van der Waals surface area contributed by atoms with Crippen molar-refractivity contribution in [3.63, 3.8) is 0 Å². The molecular formula is C24H20F2N4O2. The van der Waals surface area contributed by atoms with Crippen LogP contribution in [0.3, 0.4) is 0 Å². The van der Waals surface area contributed by atoms with Crippen LogP contribution >= 0.6 is 0 Å². The number of halogens is 2. The van der Waals surface area contributed by atoms with Crippen LogP contribution in [-0.2, 0) is 0 Å². The summed E-state index contributed by atoms with van der Waals surface area (Å²) in [7, 11) is 0. The molecule has 1 amide bonds. The molecule has 162 valence electrons.